The number of Topliss-reactive ketones (excluding diaryl/α,β-unsaturated/α-hetero) is 1. The first kappa shape index (κ1) is 25.4. The van der Waals surface area contributed by atoms with Crippen LogP contribution >= 0.6 is 12.6 Å². The minimum absolute atomic E-state index is 0.0631. The van der Waals surface area contributed by atoms with Gasteiger partial charge in [-0.15, -0.1) is 12.6 Å². The normalized spacial score (nSPS) is 28.9. The standard InChI is InChI=1S/C33H35NO3S/c1-37-28-15-8-5-10-22(28)20-27(35)30-31-32(21-34-30,18-9-16-29(36)38)25-17-19-33(31,23-11-3-2-4-12-23)26-14-7-6-13-24(25)26/h2-8,10-15,25,30-31,34H,9,16-21H2,1H3,(H,36,38). The lowest BCUT2D eigenvalue weighted by Crippen LogP contribution is -2.60. The third-order valence-corrected chi connectivity index (χ3v) is 9.92. The number of benzene rings is 3. The number of hydrogen-bond acceptors (Lipinski definition) is 4. The Labute approximate surface area is 230 Å². The Balaban J connectivity index is 1.49. The van der Waals surface area contributed by atoms with Crippen LogP contribution in [0.15, 0.2) is 78.9 Å². The summed E-state index contributed by atoms with van der Waals surface area (Å²) in [4.78, 5) is 26.1. The number of thiol groups is 1. The van der Waals surface area contributed by atoms with Crippen molar-refractivity contribution in [3.63, 3.8) is 0 Å². The van der Waals surface area contributed by atoms with Crippen molar-refractivity contribution in [3.8, 4) is 5.75 Å². The summed E-state index contributed by atoms with van der Waals surface area (Å²) >= 11 is 4.07. The SMILES string of the molecule is COc1ccccc1CC(=O)C1NCC2(CCCC(=O)S)C3CCC(c4ccccc4)(c4ccccc43)C12. The first-order valence-electron chi connectivity index (χ1n) is 13.8. The van der Waals surface area contributed by atoms with Crippen LogP contribution in [0.4, 0.5) is 0 Å². The molecule has 5 unspecified atom stereocenters. The van der Waals surface area contributed by atoms with Crippen LogP contribution in [0, 0.1) is 11.3 Å². The van der Waals surface area contributed by atoms with Crippen molar-refractivity contribution >= 4 is 23.5 Å². The van der Waals surface area contributed by atoms with Gasteiger partial charge in [0, 0.05) is 36.3 Å². The van der Waals surface area contributed by atoms with Gasteiger partial charge in [0.05, 0.1) is 13.2 Å². The zero-order valence-electron chi connectivity index (χ0n) is 21.9. The van der Waals surface area contributed by atoms with Crippen molar-refractivity contribution in [2.24, 2.45) is 11.3 Å². The highest BCUT2D eigenvalue weighted by molar-refractivity contribution is 7.96. The number of carbonyl (C=O) groups is 2. The Morgan fingerprint density at radius 1 is 1.00 bits per heavy atom. The van der Waals surface area contributed by atoms with Crippen LogP contribution in [0.2, 0.25) is 0 Å². The number of para-hydroxylation sites is 1. The van der Waals surface area contributed by atoms with E-state index in [1.54, 1.807) is 7.11 Å². The Kier molecular flexibility index (Phi) is 6.69. The molecule has 1 heterocycles. The van der Waals surface area contributed by atoms with Gasteiger partial charge in [0.25, 0.3) is 0 Å². The van der Waals surface area contributed by atoms with Gasteiger partial charge in [-0.1, -0.05) is 72.8 Å². The molecule has 2 bridgehead atoms. The number of nitrogens with one attached hydrogen (secondary N) is 1. The van der Waals surface area contributed by atoms with Crippen molar-refractivity contribution in [2.45, 2.75) is 55.9 Å². The molecule has 3 aromatic carbocycles. The zero-order valence-corrected chi connectivity index (χ0v) is 22.8. The summed E-state index contributed by atoms with van der Waals surface area (Å²) in [5, 5.41) is 3.71. The van der Waals surface area contributed by atoms with E-state index >= 15 is 0 Å². The molecular weight excluding hydrogens is 490 g/mol. The van der Waals surface area contributed by atoms with Gasteiger partial charge >= 0.3 is 0 Å². The first-order valence-corrected chi connectivity index (χ1v) is 14.2. The maximum Gasteiger partial charge on any atom is 0.185 e. The summed E-state index contributed by atoms with van der Waals surface area (Å²) in [6.45, 7) is 0.786. The molecule has 0 radical (unpaired) electrons. The number of rotatable bonds is 9. The highest BCUT2D eigenvalue weighted by Crippen LogP contribution is 2.70. The predicted molar refractivity (Wildman–Crippen MR) is 153 cm³/mol. The fourth-order valence-electron chi connectivity index (χ4n) is 8.41. The summed E-state index contributed by atoms with van der Waals surface area (Å²) < 4.78 is 5.58. The third-order valence-electron chi connectivity index (χ3n) is 9.70. The van der Waals surface area contributed by atoms with E-state index < -0.39 is 0 Å². The van der Waals surface area contributed by atoms with E-state index in [1.807, 2.05) is 24.3 Å². The number of fused-ring (bicyclic) bond motifs is 1. The van der Waals surface area contributed by atoms with Crippen molar-refractivity contribution in [1.29, 1.82) is 0 Å². The van der Waals surface area contributed by atoms with E-state index in [9.17, 15) is 9.59 Å². The topological polar surface area (TPSA) is 55.4 Å². The van der Waals surface area contributed by atoms with E-state index in [0.29, 0.717) is 18.8 Å². The molecule has 196 valence electrons. The highest BCUT2D eigenvalue weighted by Gasteiger charge is 2.68. The predicted octanol–water partition coefficient (Wildman–Crippen LogP) is 5.89. The van der Waals surface area contributed by atoms with Crippen LogP contribution in [0.25, 0.3) is 0 Å². The molecule has 0 aromatic heterocycles. The first-order chi connectivity index (χ1) is 18.5. The van der Waals surface area contributed by atoms with Gasteiger partial charge in [-0.3, -0.25) is 9.59 Å². The lowest BCUT2D eigenvalue weighted by molar-refractivity contribution is -0.123. The number of ketones is 1. The smallest absolute Gasteiger partial charge is 0.185 e. The maximum atomic E-state index is 14.2. The zero-order chi connectivity index (χ0) is 26.3. The molecule has 5 atom stereocenters. The largest absolute Gasteiger partial charge is 0.496 e. The van der Waals surface area contributed by atoms with Crippen molar-refractivity contribution in [2.75, 3.05) is 13.7 Å². The molecule has 4 aliphatic rings. The number of methoxy groups -OCH3 is 1. The second kappa shape index (κ2) is 10.0. The van der Waals surface area contributed by atoms with E-state index in [2.05, 4.69) is 72.5 Å². The average Bonchev–Trinajstić information content (AvgIpc) is 3.36. The summed E-state index contributed by atoms with van der Waals surface area (Å²) in [6, 6.07) is 27.3. The van der Waals surface area contributed by atoms with Gasteiger partial charge in [0.15, 0.2) is 10.9 Å². The fourth-order valence-corrected chi connectivity index (χ4v) is 8.57. The molecule has 1 N–H and O–H groups in total. The molecule has 1 aliphatic heterocycles. The molecule has 3 aromatic rings. The second-order valence-corrected chi connectivity index (χ2v) is 11.8. The molecule has 5 heteroatoms. The van der Waals surface area contributed by atoms with Gasteiger partial charge in [0.1, 0.15) is 5.75 Å². The Morgan fingerprint density at radius 2 is 1.74 bits per heavy atom. The van der Waals surface area contributed by atoms with Crippen LogP contribution in [0.3, 0.4) is 0 Å². The molecule has 0 amide bonds. The molecule has 2 fully saturated rings. The number of hydrogen-bond donors (Lipinski definition) is 2. The second-order valence-electron chi connectivity index (χ2n) is 11.3. The molecule has 4 nitrogen and oxygen atoms in total. The lowest BCUT2D eigenvalue weighted by atomic mass is 9.40. The third kappa shape index (κ3) is 3.85. The van der Waals surface area contributed by atoms with Crippen LogP contribution in [0.5, 0.6) is 5.75 Å². The minimum Gasteiger partial charge on any atom is -0.496 e. The fraction of sp³-hybridized carbons (Fsp3) is 0.394. The van der Waals surface area contributed by atoms with E-state index in [0.717, 1.165) is 43.5 Å². The molecule has 0 spiro atoms. The van der Waals surface area contributed by atoms with Crippen molar-refractivity contribution in [3.05, 3.63) is 101 Å². The van der Waals surface area contributed by atoms with Crippen molar-refractivity contribution < 1.29 is 14.3 Å². The van der Waals surface area contributed by atoms with Gasteiger partial charge in [-0.05, 0) is 59.8 Å². The molecule has 38 heavy (non-hydrogen) atoms. The van der Waals surface area contributed by atoms with Gasteiger partial charge < -0.3 is 10.1 Å². The molecule has 1 saturated heterocycles. The quantitative estimate of drug-likeness (QED) is 0.342. The Bertz CT molecular complexity index is 1360. The van der Waals surface area contributed by atoms with Gasteiger partial charge in [0.2, 0.25) is 0 Å². The number of carbonyl (C=O) groups excluding carboxylic acids is 2. The Hall–Kier alpha value is -2.89. The molecular formula is C33H35NO3S. The van der Waals surface area contributed by atoms with Crippen LogP contribution < -0.4 is 10.1 Å². The summed E-state index contributed by atoms with van der Waals surface area (Å²) in [6.07, 6.45) is 4.61. The molecule has 7 rings (SSSR count). The van der Waals surface area contributed by atoms with Gasteiger partial charge in [-0.25, -0.2) is 0 Å². The van der Waals surface area contributed by atoms with E-state index in [4.69, 9.17) is 4.74 Å². The monoisotopic (exact) mass is 525 g/mol. The van der Waals surface area contributed by atoms with Crippen LogP contribution in [-0.2, 0) is 21.4 Å². The minimum atomic E-state index is -0.275. The van der Waals surface area contributed by atoms with Gasteiger partial charge in [-0.2, -0.15) is 0 Å². The average molecular weight is 526 g/mol. The highest BCUT2D eigenvalue weighted by atomic mass is 32.1. The van der Waals surface area contributed by atoms with Crippen LogP contribution in [-0.4, -0.2) is 30.6 Å². The van der Waals surface area contributed by atoms with E-state index in [-0.39, 0.29) is 33.7 Å². The van der Waals surface area contributed by atoms with Crippen molar-refractivity contribution in [1.82, 2.24) is 5.32 Å². The summed E-state index contributed by atoms with van der Waals surface area (Å²) in [7, 11) is 1.66. The maximum absolute atomic E-state index is 14.2. The summed E-state index contributed by atoms with van der Waals surface area (Å²) in [5.74, 6) is 1.43. The molecule has 1 saturated carbocycles. The Morgan fingerprint density at radius 3 is 2.53 bits per heavy atom. The van der Waals surface area contributed by atoms with E-state index in [1.165, 1.54) is 16.7 Å². The number of ether oxygens (including phenoxy) is 1. The molecule has 3 aliphatic carbocycles. The van der Waals surface area contributed by atoms with Crippen LogP contribution in [0.1, 0.15) is 60.3 Å². The lowest BCUT2D eigenvalue weighted by Gasteiger charge is -2.62. The summed E-state index contributed by atoms with van der Waals surface area (Å²) in [5.41, 5.74) is 4.66.